The van der Waals surface area contributed by atoms with Crippen molar-refractivity contribution in [2.45, 2.75) is 106 Å². The molecule has 4 aromatic rings. The molecule has 1 aliphatic carbocycles. The molecule has 0 saturated carbocycles. The van der Waals surface area contributed by atoms with Gasteiger partial charge in [-0.25, -0.2) is 0 Å². The van der Waals surface area contributed by atoms with Gasteiger partial charge in [0.25, 0.3) is 0 Å². The number of nitrogen functional groups attached to an aromatic ring is 1. The monoisotopic (exact) mass is 670 g/mol. The molecule has 0 saturated heterocycles. The molecule has 1 unspecified atom stereocenters. The number of aryl methyl sites for hydroxylation is 4. The van der Waals surface area contributed by atoms with E-state index in [0.29, 0.717) is 11.8 Å². The average molecular weight is 670 g/mol. The minimum Gasteiger partial charge on any atom is -0.398 e. The zero-order valence-corrected chi connectivity index (χ0v) is 32.5. The Balaban J connectivity index is 0.000000249. The van der Waals surface area contributed by atoms with E-state index in [0.717, 1.165) is 36.4 Å². The van der Waals surface area contributed by atoms with Crippen LogP contribution in [0.5, 0.6) is 0 Å². The number of anilines is 1. The molecule has 0 bridgehead atoms. The molecule has 0 spiro atoms. The Morgan fingerprint density at radius 1 is 0.720 bits per heavy atom. The molecule has 4 aromatic carbocycles. The van der Waals surface area contributed by atoms with Gasteiger partial charge < -0.3 is 5.73 Å². The number of rotatable bonds is 12. The number of hydrogen-bond acceptors (Lipinski definition) is 1. The lowest BCUT2D eigenvalue weighted by molar-refractivity contribution is 0.513. The van der Waals surface area contributed by atoms with Gasteiger partial charge in [-0.2, -0.15) is 0 Å². The largest absolute Gasteiger partial charge is 0.398 e. The first kappa shape index (κ1) is 42.1. The lowest BCUT2D eigenvalue weighted by Crippen LogP contribution is -2.05. The number of hydrogen-bond donors (Lipinski definition) is 1. The minimum absolute atomic E-state index is 0.490. The summed E-state index contributed by atoms with van der Waals surface area (Å²) in [5, 5.41) is 0. The number of nitrogens with two attached hydrogens (primary N) is 1. The van der Waals surface area contributed by atoms with E-state index >= 15 is 0 Å². The maximum atomic E-state index is 6.05. The molecular formula is C49H67N. The first-order valence-electron chi connectivity index (χ1n) is 19.2. The Bertz CT molecular complexity index is 1510. The van der Waals surface area contributed by atoms with Crippen molar-refractivity contribution in [3.63, 3.8) is 0 Å². The molecule has 50 heavy (non-hydrogen) atoms. The van der Waals surface area contributed by atoms with Crippen molar-refractivity contribution >= 4 is 11.3 Å². The summed E-state index contributed by atoms with van der Waals surface area (Å²) in [5.41, 5.74) is 16.3. The first-order chi connectivity index (χ1) is 24.1. The summed E-state index contributed by atoms with van der Waals surface area (Å²) in [6, 6.07) is 37.8. The zero-order valence-electron chi connectivity index (χ0n) is 32.5. The van der Waals surface area contributed by atoms with E-state index in [-0.39, 0.29) is 0 Å². The molecule has 0 heterocycles. The highest BCUT2D eigenvalue weighted by molar-refractivity contribution is 5.75. The van der Waals surface area contributed by atoms with E-state index < -0.39 is 0 Å². The molecule has 0 fully saturated rings. The Morgan fingerprint density at radius 3 is 1.76 bits per heavy atom. The molecule has 2 N–H and O–H groups in total. The second-order valence-electron chi connectivity index (χ2n) is 14.2. The molecule has 1 nitrogen and oxygen atoms in total. The Labute approximate surface area is 307 Å². The smallest absolute Gasteiger partial charge is 0.0390 e. The van der Waals surface area contributed by atoms with Crippen molar-refractivity contribution in [3.05, 3.63) is 167 Å². The van der Waals surface area contributed by atoms with E-state index in [9.17, 15) is 0 Å². The van der Waals surface area contributed by atoms with Gasteiger partial charge in [0.2, 0.25) is 0 Å². The van der Waals surface area contributed by atoms with Gasteiger partial charge >= 0.3 is 0 Å². The quantitative estimate of drug-likeness (QED) is 0.118. The Kier molecular flexibility index (Phi) is 21.0. The maximum absolute atomic E-state index is 6.05. The van der Waals surface area contributed by atoms with Crippen molar-refractivity contribution in [2.75, 3.05) is 5.73 Å². The minimum atomic E-state index is 0.490. The predicted molar refractivity (Wildman–Crippen MR) is 225 cm³/mol. The standard InChI is InChI=1S/C18H24.C16H25N.C8H10.C7H8/c1-16-12-14-18(15-13-16)11-7-3-6-10-17-8-4-2-5-9-17;1-6-14-7-8-16(17)15(10-14)13(5)12(4)9-11(2)3;1-2-8-6-4-3-5-7-8;1-7-5-3-2-4-6-7/h2,4-5,8-9,12,14-16H,3,6-7,10-11,13H2,1H3;7-8,10-12H,5-6,9,17H2,1-4H3;3-7H,2H2,1H3;2-6H,1H3/t;12-;;/m.1../s1. The van der Waals surface area contributed by atoms with Crippen molar-refractivity contribution < 1.29 is 0 Å². The molecule has 2 atom stereocenters. The van der Waals surface area contributed by atoms with Crippen molar-refractivity contribution in [1.82, 2.24) is 0 Å². The number of unbranched alkanes of at least 4 members (excludes halogenated alkanes) is 2. The highest BCUT2D eigenvalue weighted by Gasteiger charge is 2.13. The summed E-state index contributed by atoms with van der Waals surface area (Å²) in [6.07, 6.45) is 18.1. The van der Waals surface area contributed by atoms with Crippen LogP contribution < -0.4 is 5.73 Å². The molecule has 0 aromatic heterocycles. The Hall–Kier alpha value is -4.10. The van der Waals surface area contributed by atoms with Gasteiger partial charge in [-0.3, -0.25) is 0 Å². The van der Waals surface area contributed by atoms with Crippen LogP contribution in [0.2, 0.25) is 0 Å². The first-order valence-corrected chi connectivity index (χ1v) is 19.2. The van der Waals surface area contributed by atoms with Crippen LogP contribution in [-0.4, -0.2) is 0 Å². The number of benzene rings is 4. The third-order valence-corrected chi connectivity index (χ3v) is 9.15. The van der Waals surface area contributed by atoms with Gasteiger partial charge in [0.15, 0.2) is 0 Å². The van der Waals surface area contributed by atoms with Crippen LogP contribution in [0.25, 0.3) is 5.57 Å². The molecule has 0 aliphatic heterocycles. The molecule has 0 radical (unpaired) electrons. The fourth-order valence-electron chi connectivity index (χ4n) is 5.90. The fourth-order valence-corrected chi connectivity index (χ4v) is 5.90. The third-order valence-electron chi connectivity index (χ3n) is 9.15. The number of allylic oxidation sites excluding steroid dienone is 5. The van der Waals surface area contributed by atoms with Gasteiger partial charge in [-0.05, 0) is 110 Å². The van der Waals surface area contributed by atoms with Gasteiger partial charge in [-0.15, -0.1) is 0 Å². The van der Waals surface area contributed by atoms with E-state index in [1.165, 1.54) is 66.4 Å². The summed E-state index contributed by atoms with van der Waals surface area (Å²) in [6.45, 7) is 19.7. The van der Waals surface area contributed by atoms with E-state index in [1.54, 1.807) is 5.57 Å². The van der Waals surface area contributed by atoms with Crippen LogP contribution >= 0.6 is 0 Å². The van der Waals surface area contributed by atoms with Crippen LogP contribution in [-0.2, 0) is 19.3 Å². The summed E-state index contributed by atoms with van der Waals surface area (Å²) < 4.78 is 0. The normalized spacial score (nSPS) is 13.8. The Morgan fingerprint density at radius 2 is 1.28 bits per heavy atom. The lowest BCUT2D eigenvalue weighted by atomic mass is 9.87. The second-order valence-corrected chi connectivity index (χ2v) is 14.2. The van der Waals surface area contributed by atoms with E-state index in [1.807, 2.05) is 30.3 Å². The van der Waals surface area contributed by atoms with Crippen molar-refractivity contribution in [3.8, 4) is 0 Å². The molecule has 0 amide bonds. The molecule has 1 aliphatic rings. The summed E-state index contributed by atoms with van der Waals surface area (Å²) >= 11 is 0. The molecule has 5 rings (SSSR count). The van der Waals surface area contributed by atoms with Crippen LogP contribution in [0.15, 0.2) is 140 Å². The highest BCUT2D eigenvalue weighted by Crippen LogP contribution is 2.31. The van der Waals surface area contributed by atoms with Crippen molar-refractivity contribution in [1.29, 1.82) is 0 Å². The highest BCUT2D eigenvalue weighted by atomic mass is 14.6. The summed E-state index contributed by atoms with van der Waals surface area (Å²) in [7, 11) is 0. The topological polar surface area (TPSA) is 26.0 Å². The van der Waals surface area contributed by atoms with Gasteiger partial charge in [-0.1, -0.05) is 181 Å². The average Bonchev–Trinajstić information content (AvgIpc) is 3.14. The SMILES string of the molecule is C=C(c1cc(CC)ccc1N)[C@H](C)CC(C)C.CC1C=CC(CCCCCc2ccccc2)=CC1.CCc1ccccc1.Cc1ccccc1. The van der Waals surface area contributed by atoms with Gasteiger partial charge in [0.05, 0.1) is 0 Å². The van der Waals surface area contributed by atoms with Crippen LogP contribution in [0, 0.1) is 24.7 Å². The van der Waals surface area contributed by atoms with Gasteiger partial charge in [0.1, 0.15) is 0 Å². The van der Waals surface area contributed by atoms with E-state index in [2.05, 4.69) is 152 Å². The fraction of sp³-hybridized carbons (Fsp3) is 0.388. The summed E-state index contributed by atoms with van der Waals surface area (Å²) in [5.74, 6) is 1.92. The predicted octanol–water partition coefficient (Wildman–Crippen LogP) is 14.1. The second kappa shape index (κ2) is 24.9. The van der Waals surface area contributed by atoms with Crippen molar-refractivity contribution in [2.24, 2.45) is 17.8 Å². The third kappa shape index (κ3) is 18.1. The summed E-state index contributed by atoms with van der Waals surface area (Å²) in [4.78, 5) is 0. The molecule has 268 valence electrons. The van der Waals surface area contributed by atoms with E-state index in [4.69, 9.17) is 5.73 Å². The molecular weight excluding hydrogens is 603 g/mol. The van der Waals surface area contributed by atoms with Gasteiger partial charge in [0, 0.05) is 11.3 Å². The van der Waals surface area contributed by atoms with Crippen LogP contribution in [0.3, 0.4) is 0 Å². The van der Waals surface area contributed by atoms with Crippen LogP contribution in [0.4, 0.5) is 5.69 Å². The molecule has 1 heteroatoms. The van der Waals surface area contributed by atoms with Crippen LogP contribution in [0.1, 0.15) is 108 Å². The lowest BCUT2D eigenvalue weighted by Gasteiger charge is -2.19. The zero-order chi connectivity index (χ0) is 36.6. The maximum Gasteiger partial charge on any atom is 0.0390 e.